The molecule has 0 radical (unpaired) electrons. The van der Waals surface area contributed by atoms with E-state index >= 15 is 0 Å². The Morgan fingerprint density at radius 3 is 1.40 bits per heavy atom. The number of benzene rings is 2. The minimum absolute atomic E-state index is 0. The molecule has 0 saturated carbocycles. The van der Waals surface area contributed by atoms with E-state index in [0.29, 0.717) is 12.8 Å². The number of carbonyl (C=O) groups is 6. The summed E-state index contributed by atoms with van der Waals surface area (Å²) in [5, 5.41) is 8.04. The molecular weight excluding hydrogens is 877 g/mol. The molecule has 3 unspecified atom stereocenters. The van der Waals surface area contributed by atoms with Crippen LogP contribution in [0.4, 0.5) is 0 Å². The average molecular weight is 925 g/mol. The minimum Gasteiger partial charge on any atom is -0.368 e. The van der Waals surface area contributed by atoms with Gasteiger partial charge in [-0.15, -0.1) is 0 Å². The third-order valence-electron chi connectivity index (χ3n) is 8.29. The quantitative estimate of drug-likeness (QED) is 0.148. The van der Waals surface area contributed by atoms with Crippen LogP contribution in [-0.2, 0) is 126 Å². The number of hydrogen-bond acceptors (Lipinski definition) is 10. The third-order valence-corrected chi connectivity index (χ3v) is 21.6. The van der Waals surface area contributed by atoms with Crippen molar-refractivity contribution in [1.29, 1.82) is 0 Å². The first kappa shape index (κ1) is 50.6. The van der Waals surface area contributed by atoms with Crippen LogP contribution in [0.25, 0.3) is 0 Å². The van der Waals surface area contributed by atoms with E-state index in [1.165, 1.54) is 17.8 Å². The van der Waals surface area contributed by atoms with Crippen molar-refractivity contribution in [2.75, 3.05) is 20.1 Å². The maximum absolute atomic E-state index is 12.4. The number of nitrogens with zero attached hydrogens (tertiary/aromatic N) is 1. The lowest BCUT2D eigenvalue weighted by molar-refractivity contribution is -0.130. The highest BCUT2D eigenvalue weighted by atomic mass is 33.4. The van der Waals surface area contributed by atoms with Gasteiger partial charge in [-0.1, -0.05) is 68.1 Å². The monoisotopic (exact) mass is 924 g/mol. The van der Waals surface area contributed by atoms with Gasteiger partial charge in [0.2, 0.25) is 23.6 Å². The summed E-state index contributed by atoms with van der Waals surface area (Å²) in [5.74, 6) is -2.72. The topological polar surface area (TPSA) is 203 Å². The fourth-order valence-corrected chi connectivity index (χ4v) is 19.1. The van der Waals surface area contributed by atoms with Crippen LogP contribution in [0.5, 0.6) is 0 Å². The Morgan fingerprint density at radius 1 is 0.709 bits per heavy atom. The molecule has 7 N–H and O–H groups in total. The Hall–Kier alpha value is -2.44. The van der Waals surface area contributed by atoms with Gasteiger partial charge in [-0.05, 0) is 44.9 Å². The molecule has 2 heterocycles. The average Bonchev–Trinajstić information content (AvgIpc) is 4.04. The van der Waals surface area contributed by atoms with E-state index in [4.69, 9.17) is 11.5 Å². The van der Waals surface area contributed by atoms with E-state index in [1.807, 2.05) is 86.5 Å². The maximum Gasteiger partial charge on any atom is 0.236 e. The van der Waals surface area contributed by atoms with Crippen molar-refractivity contribution in [3.05, 3.63) is 71.8 Å². The summed E-state index contributed by atoms with van der Waals surface area (Å²) >= 11 is 9.27. The van der Waals surface area contributed by atoms with Crippen molar-refractivity contribution in [1.82, 2.24) is 20.9 Å². The zero-order chi connectivity index (χ0) is 40.0. The van der Waals surface area contributed by atoms with Crippen molar-refractivity contribution < 1.29 is 28.8 Å². The van der Waals surface area contributed by atoms with Crippen LogP contribution in [0.2, 0.25) is 0 Å². The number of Topliss-reactive ketones (excluding diaryl/α,β-unsaturated/α-hetero) is 2. The fraction of sp³-hybridized carbons (Fsp3) is 0.471. The highest BCUT2D eigenvalue weighted by Gasteiger charge is 2.46. The molecule has 2 aromatic carbocycles. The molecular formula is C34H48N6O6S9. The van der Waals surface area contributed by atoms with Gasteiger partial charge in [-0.2, -0.15) is 0 Å². The first-order valence-electron chi connectivity index (χ1n) is 16.4. The largest absolute Gasteiger partial charge is 0.368 e. The van der Waals surface area contributed by atoms with Crippen LogP contribution in [0, 0.1) is 11.8 Å². The SMILES string of the molecule is C.C[C@@H]1N[C@@H]1C(=O)CC(Cc1ccccc1)C(=O)NCC(N)=O.C[C@H]1[C@@H](C(=O)CC(Cc2ccccc2)C(=O)NCC(N)=O)N1C.S=S=S=S=S=S=S=S=S. The standard InChI is InChI=1S/C17H23N3O3.C16H21N3O3.CH4.S9/c1-11-16(20(11)2)14(21)9-13(17(23)19-10-15(18)22)8-12-6-4-3-5-7-12;1-10-15(19-10)13(20)8-12(16(22)18-9-14(17)21)7-11-5-3-2-4-6-11;;1-3-5-7-9-8-6-4-2/h3-7,11,13,16H,8-10H2,1-2H3,(H2,18,22)(H,19,23);2-6,10,12,15,19H,7-9H2,1H3,(H2,17,21)(H,18,22);1H4;/t11-,13?,16-,20?;10-,12?,15-;;/m00../s1. The lowest BCUT2D eigenvalue weighted by Gasteiger charge is -2.16. The van der Waals surface area contributed by atoms with Crippen LogP contribution < -0.4 is 27.4 Å². The molecule has 4 amide bonds. The molecule has 304 valence electrons. The zero-order valence-corrected chi connectivity index (χ0v) is 37.1. The van der Waals surface area contributed by atoms with Crippen molar-refractivity contribution in [3.8, 4) is 0 Å². The number of ketones is 2. The van der Waals surface area contributed by atoms with Gasteiger partial charge in [0.25, 0.3) is 0 Å². The van der Waals surface area contributed by atoms with Crippen LogP contribution >= 0.6 is 0 Å². The van der Waals surface area contributed by atoms with Crippen LogP contribution in [0.15, 0.2) is 60.7 Å². The van der Waals surface area contributed by atoms with Gasteiger partial charge < -0.3 is 27.4 Å². The van der Waals surface area contributed by atoms with Gasteiger partial charge >= 0.3 is 0 Å². The highest BCUT2D eigenvalue weighted by molar-refractivity contribution is 8.72. The summed E-state index contributed by atoms with van der Waals surface area (Å²) in [4.78, 5) is 72.6. The van der Waals surface area contributed by atoms with Gasteiger partial charge in [0, 0.05) is 121 Å². The van der Waals surface area contributed by atoms with E-state index in [2.05, 4.69) is 38.3 Å². The molecule has 4 rings (SSSR count). The molecule has 0 aromatic heterocycles. The smallest absolute Gasteiger partial charge is 0.236 e. The molecule has 7 atom stereocenters. The normalized spacial score (nSPS) is 19.4. The van der Waals surface area contributed by atoms with Gasteiger partial charge in [0.05, 0.1) is 25.2 Å². The second kappa shape index (κ2) is 28.0. The molecule has 2 aliphatic rings. The Balaban J connectivity index is 0.000000446. The summed E-state index contributed by atoms with van der Waals surface area (Å²) in [6.45, 7) is 3.50. The first-order chi connectivity index (χ1) is 25.8. The summed E-state index contributed by atoms with van der Waals surface area (Å²) < 4.78 is 0. The van der Waals surface area contributed by atoms with E-state index in [1.54, 1.807) is 44.4 Å². The number of hydrogen-bond donors (Lipinski definition) is 5. The summed E-state index contributed by atoms with van der Waals surface area (Å²) in [6.07, 6.45) is 1.24. The van der Waals surface area contributed by atoms with Gasteiger partial charge in [0.1, 0.15) is 0 Å². The Kier molecular flexibility index (Phi) is 25.8. The molecule has 2 saturated heterocycles. The second-order valence-corrected chi connectivity index (χ2v) is 24.6. The lowest BCUT2D eigenvalue weighted by atomic mass is 9.92. The van der Waals surface area contributed by atoms with E-state index in [-0.39, 0.29) is 80.9 Å². The van der Waals surface area contributed by atoms with E-state index < -0.39 is 23.7 Å². The number of carbonyl (C=O) groups excluding carboxylic acids is 6. The Labute approximate surface area is 352 Å². The maximum atomic E-state index is 12.4. The summed E-state index contributed by atoms with van der Waals surface area (Å²) in [7, 11) is 12.8. The molecule has 0 spiro atoms. The Morgan fingerprint density at radius 2 is 1.07 bits per heavy atom. The van der Waals surface area contributed by atoms with Crippen LogP contribution in [0.1, 0.15) is 45.2 Å². The fourth-order valence-electron chi connectivity index (χ4n) is 5.33. The molecule has 12 nitrogen and oxygen atoms in total. The third kappa shape index (κ3) is 21.1. The number of nitrogens with one attached hydrogen (secondary N) is 3. The summed E-state index contributed by atoms with van der Waals surface area (Å²) in [5.41, 5.74) is 12.1. The lowest BCUT2D eigenvalue weighted by Crippen LogP contribution is -2.39. The highest BCUT2D eigenvalue weighted by Crippen LogP contribution is 2.28. The predicted molar refractivity (Wildman–Crippen MR) is 241 cm³/mol. The summed E-state index contributed by atoms with van der Waals surface area (Å²) in [6, 6.07) is 19.2. The first-order valence-corrected chi connectivity index (χ1v) is 27.1. The number of primary amides is 2. The van der Waals surface area contributed by atoms with Gasteiger partial charge in [-0.25, -0.2) is 0 Å². The molecule has 2 fully saturated rings. The molecule has 0 bridgehead atoms. The molecule has 55 heavy (non-hydrogen) atoms. The number of nitrogens with two attached hydrogens (primary N) is 2. The Bertz CT molecular complexity index is 1900. The van der Waals surface area contributed by atoms with Crippen molar-refractivity contribution in [2.45, 2.75) is 71.1 Å². The van der Waals surface area contributed by atoms with Crippen molar-refractivity contribution in [3.63, 3.8) is 0 Å². The molecule has 2 aliphatic heterocycles. The molecule has 21 heteroatoms. The van der Waals surface area contributed by atoms with Crippen LogP contribution in [0.3, 0.4) is 0 Å². The van der Waals surface area contributed by atoms with Crippen molar-refractivity contribution >= 4 is 120 Å². The van der Waals surface area contributed by atoms with Gasteiger partial charge in [0.15, 0.2) is 11.6 Å². The minimum atomic E-state index is -0.601. The predicted octanol–water partition coefficient (Wildman–Crippen LogP) is 0.489. The number of amides is 4. The molecule has 0 aliphatic carbocycles. The van der Waals surface area contributed by atoms with Crippen LogP contribution in [-0.4, -0.2) is 84.4 Å². The van der Waals surface area contributed by atoms with E-state index in [9.17, 15) is 28.8 Å². The van der Waals surface area contributed by atoms with E-state index in [0.717, 1.165) is 11.1 Å². The number of rotatable bonds is 16. The number of likely N-dealkylation sites (N-methyl/N-ethyl adjacent to an activating group) is 1. The second-order valence-electron chi connectivity index (χ2n) is 12.2. The van der Waals surface area contributed by atoms with Gasteiger partial charge in [-0.3, -0.25) is 33.7 Å². The zero-order valence-electron chi connectivity index (χ0n) is 29.7. The molecule has 2 aromatic rings. The van der Waals surface area contributed by atoms with Crippen molar-refractivity contribution in [2.24, 2.45) is 23.3 Å².